The molecule has 2 aliphatic rings. The summed E-state index contributed by atoms with van der Waals surface area (Å²) in [5, 5.41) is 8.87. The van der Waals surface area contributed by atoms with E-state index in [1.807, 2.05) is 6.07 Å². The number of anilines is 2. The second-order valence-corrected chi connectivity index (χ2v) is 5.02. The highest BCUT2D eigenvalue weighted by molar-refractivity contribution is 5.69. The van der Waals surface area contributed by atoms with Gasteiger partial charge >= 0.3 is 0 Å². The first kappa shape index (κ1) is 12.3. The normalized spacial score (nSPS) is 21.5. The van der Waals surface area contributed by atoms with Crippen LogP contribution in [-0.4, -0.2) is 32.1 Å². The first-order valence-corrected chi connectivity index (χ1v) is 6.55. The molecule has 0 aromatic heterocycles. The minimum Gasteiger partial charge on any atom is -0.397 e. The van der Waals surface area contributed by atoms with Crippen LogP contribution < -0.4 is 10.6 Å². The Kier molecular flexibility index (Phi) is 3.05. The molecule has 0 amide bonds. The zero-order valence-electron chi connectivity index (χ0n) is 10.8. The third-order valence-corrected chi connectivity index (χ3v) is 3.73. The van der Waals surface area contributed by atoms with Gasteiger partial charge in [0.1, 0.15) is 0 Å². The van der Waals surface area contributed by atoms with E-state index in [0.717, 1.165) is 25.1 Å². The van der Waals surface area contributed by atoms with E-state index in [9.17, 15) is 0 Å². The zero-order chi connectivity index (χ0) is 13.3. The van der Waals surface area contributed by atoms with Gasteiger partial charge in [-0.15, -0.1) is 0 Å². The number of piperidine rings is 1. The monoisotopic (exact) mass is 259 g/mol. The molecule has 0 radical (unpaired) electrons. The van der Waals surface area contributed by atoms with Crippen LogP contribution in [0, 0.1) is 11.3 Å². The number of nitrogen functional groups attached to an aromatic ring is 1. The van der Waals surface area contributed by atoms with Gasteiger partial charge in [-0.1, -0.05) is 0 Å². The molecule has 3 rings (SSSR count). The van der Waals surface area contributed by atoms with Gasteiger partial charge in [0.25, 0.3) is 0 Å². The van der Waals surface area contributed by atoms with Crippen molar-refractivity contribution in [3.63, 3.8) is 0 Å². The van der Waals surface area contributed by atoms with Crippen molar-refractivity contribution in [1.82, 2.24) is 0 Å². The molecule has 2 saturated heterocycles. The van der Waals surface area contributed by atoms with E-state index < -0.39 is 5.79 Å². The molecule has 0 bridgehead atoms. The largest absolute Gasteiger partial charge is 0.397 e. The van der Waals surface area contributed by atoms with Gasteiger partial charge in [0.15, 0.2) is 5.79 Å². The van der Waals surface area contributed by atoms with Crippen LogP contribution >= 0.6 is 0 Å². The van der Waals surface area contributed by atoms with E-state index in [2.05, 4.69) is 11.0 Å². The fourth-order valence-corrected chi connectivity index (χ4v) is 2.84. The fraction of sp³-hybridized carbons (Fsp3) is 0.500. The lowest BCUT2D eigenvalue weighted by Gasteiger charge is -2.40. The van der Waals surface area contributed by atoms with Crippen molar-refractivity contribution in [3.8, 4) is 6.07 Å². The maximum Gasteiger partial charge on any atom is 0.186 e. The molecule has 0 aliphatic carbocycles. The fourth-order valence-electron chi connectivity index (χ4n) is 2.84. The lowest BCUT2D eigenvalue weighted by Crippen LogP contribution is -2.49. The summed E-state index contributed by atoms with van der Waals surface area (Å²) in [6.07, 6.45) is 1.94. The Bertz CT molecular complexity index is 518. The average molecular weight is 259 g/mol. The Morgan fingerprint density at radius 2 is 2.11 bits per heavy atom. The van der Waals surface area contributed by atoms with Crippen LogP contribution in [0.3, 0.4) is 0 Å². The molecule has 0 saturated carbocycles. The number of hydrogen-bond acceptors (Lipinski definition) is 5. The Labute approximate surface area is 112 Å². The smallest absolute Gasteiger partial charge is 0.186 e. The van der Waals surface area contributed by atoms with Crippen LogP contribution in [0.15, 0.2) is 18.2 Å². The van der Waals surface area contributed by atoms with Crippen LogP contribution in [0.2, 0.25) is 0 Å². The van der Waals surface area contributed by atoms with Crippen LogP contribution in [0.25, 0.3) is 0 Å². The van der Waals surface area contributed by atoms with Crippen LogP contribution in [0.4, 0.5) is 11.4 Å². The number of ether oxygens (including phenoxy) is 2. The van der Waals surface area contributed by atoms with E-state index in [4.69, 9.17) is 20.5 Å². The molecular weight excluding hydrogens is 242 g/mol. The summed E-state index contributed by atoms with van der Waals surface area (Å²) in [6, 6.07) is 7.51. The quantitative estimate of drug-likeness (QED) is 0.773. The maximum atomic E-state index is 8.87. The molecule has 100 valence electrons. The van der Waals surface area contributed by atoms with Gasteiger partial charge in [0, 0.05) is 13.0 Å². The number of nitrogens with two attached hydrogens (primary N) is 1. The minimum absolute atomic E-state index is 0.460. The first-order chi connectivity index (χ1) is 9.22. The van der Waals surface area contributed by atoms with Crippen LogP contribution in [-0.2, 0) is 9.47 Å². The predicted molar refractivity (Wildman–Crippen MR) is 71.7 cm³/mol. The van der Waals surface area contributed by atoms with Crippen LogP contribution in [0.1, 0.15) is 18.4 Å². The number of nitriles is 1. The van der Waals surface area contributed by atoms with E-state index in [1.54, 1.807) is 12.1 Å². The Balaban J connectivity index is 1.84. The van der Waals surface area contributed by atoms with Gasteiger partial charge in [-0.3, -0.25) is 0 Å². The molecule has 1 aromatic carbocycles. The summed E-state index contributed by atoms with van der Waals surface area (Å²) >= 11 is 0. The number of hydrogen-bond donors (Lipinski definition) is 1. The highest BCUT2D eigenvalue weighted by Gasteiger charge is 2.41. The second kappa shape index (κ2) is 4.72. The van der Waals surface area contributed by atoms with Crippen molar-refractivity contribution in [2.75, 3.05) is 36.9 Å². The number of benzene rings is 1. The molecule has 2 heterocycles. The van der Waals surface area contributed by atoms with Gasteiger partial charge in [-0.25, -0.2) is 0 Å². The Hall–Kier alpha value is -1.77. The third-order valence-electron chi connectivity index (χ3n) is 3.73. The van der Waals surface area contributed by atoms with Crippen molar-refractivity contribution in [2.24, 2.45) is 0 Å². The number of nitrogens with zero attached hydrogens (tertiary/aromatic N) is 2. The van der Waals surface area contributed by atoms with Crippen molar-refractivity contribution in [3.05, 3.63) is 23.8 Å². The lowest BCUT2D eigenvalue weighted by molar-refractivity contribution is -0.161. The van der Waals surface area contributed by atoms with Crippen molar-refractivity contribution >= 4 is 11.4 Å². The molecule has 5 nitrogen and oxygen atoms in total. The summed E-state index contributed by atoms with van der Waals surface area (Å²) in [4.78, 5) is 2.19. The van der Waals surface area contributed by atoms with Crippen molar-refractivity contribution in [1.29, 1.82) is 5.26 Å². The van der Waals surface area contributed by atoms with E-state index >= 15 is 0 Å². The molecule has 0 atom stereocenters. The van der Waals surface area contributed by atoms with E-state index in [0.29, 0.717) is 31.0 Å². The third kappa shape index (κ3) is 2.25. The van der Waals surface area contributed by atoms with E-state index in [-0.39, 0.29) is 0 Å². The van der Waals surface area contributed by atoms with Crippen molar-refractivity contribution < 1.29 is 9.47 Å². The topological polar surface area (TPSA) is 71.5 Å². The van der Waals surface area contributed by atoms with Gasteiger partial charge in [-0.05, 0) is 24.6 Å². The summed E-state index contributed by atoms with van der Waals surface area (Å²) in [5.74, 6) is -0.460. The number of rotatable bonds is 1. The first-order valence-electron chi connectivity index (χ1n) is 6.55. The molecule has 0 unspecified atom stereocenters. The average Bonchev–Trinajstić information content (AvgIpc) is 2.86. The summed E-state index contributed by atoms with van der Waals surface area (Å²) in [6.45, 7) is 2.96. The van der Waals surface area contributed by atoms with Gasteiger partial charge in [0.2, 0.25) is 0 Å². The minimum atomic E-state index is -0.460. The molecule has 19 heavy (non-hydrogen) atoms. The van der Waals surface area contributed by atoms with Gasteiger partial charge in [0.05, 0.1) is 42.8 Å². The molecule has 2 fully saturated rings. The van der Waals surface area contributed by atoms with Gasteiger partial charge in [-0.2, -0.15) is 5.26 Å². The molecule has 1 aromatic rings. The molecule has 1 spiro atoms. The highest BCUT2D eigenvalue weighted by Crippen LogP contribution is 2.34. The molecular formula is C14H17N3O2. The van der Waals surface area contributed by atoms with Crippen molar-refractivity contribution in [2.45, 2.75) is 18.6 Å². The zero-order valence-corrected chi connectivity index (χ0v) is 10.8. The highest BCUT2D eigenvalue weighted by atomic mass is 16.7. The van der Waals surface area contributed by atoms with Gasteiger partial charge < -0.3 is 20.1 Å². The summed E-state index contributed by atoms with van der Waals surface area (Å²) in [7, 11) is 0. The van der Waals surface area contributed by atoms with Crippen LogP contribution in [0.5, 0.6) is 0 Å². The maximum absolute atomic E-state index is 8.87. The standard InChI is InChI=1S/C14H17N3O2/c15-9-11-2-3-13(12(16)8-11)17-5-1-4-14(10-17)18-6-7-19-14/h2-3,8H,1,4-7,10,16H2. The summed E-state index contributed by atoms with van der Waals surface area (Å²) in [5.41, 5.74) is 8.21. The SMILES string of the molecule is N#Cc1ccc(N2CCCC3(C2)OCCO3)c(N)c1. The molecule has 2 N–H and O–H groups in total. The Morgan fingerprint density at radius 3 is 2.79 bits per heavy atom. The van der Waals surface area contributed by atoms with E-state index in [1.165, 1.54) is 0 Å². The molecule has 2 aliphatic heterocycles. The predicted octanol–water partition coefficient (Wildman–Crippen LogP) is 1.48. The second-order valence-electron chi connectivity index (χ2n) is 5.02. The summed E-state index contributed by atoms with van der Waals surface area (Å²) < 4.78 is 11.5. The lowest BCUT2D eigenvalue weighted by atomic mass is 10.0. The molecule has 5 heteroatoms. The Morgan fingerprint density at radius 1 is 1.32 bits per heavy atom.